The first-order chi connectivity index (χ1) is 9.82. The Hall–Kier alpha value is -1.55. The van der Waals surface area contributed by atoms with Crippen molar-refractivity contribution >= 4 is 21.6 Å². The summed E-state index contributed by atoms with van der Waals surface area (Å²) in [6, 6.07) is 3.18. The second-order valence-electron chi connectivity index (χ2n) is 4.18. The number of amides is 1. The SMILES string of the molecule is CC(=O)Nc1ccc(S(=O)(=O)N(CCO)CCO)c(F)c1. The summed E-state index contributed by atoms with van der Waals surface area (Å²) in [5.41, 5.74) is 0.134. The van der Waals surface area contributed by atoms with E-state index in [-0.39, 0.29) is 18.8 Å². The summed E-state index contributed by atoms with van der Waals surface area (Å²) in [7, 11) is -4.18. The molecule has 0 atom stereocenters. The predicted molar refractivity (Wildman–Crippen MR) is 73.6 cm³/mol. The van der Waals surface area contributed by atoms with Gasteiger partial charge in [-0.05, 0) is 18.2 Å². The van der Waals surface area contributed by atoms with E-state index < -0.39 is 39.9 Å². The number of rotatable bonds is 7. The molecular weight excluding hydrogens is 303 g/mol. The van der Waals surface area contributed by atoms with Gasteiger partial charge in [0.2, 0.25) is 15.9 Å². The molecule has 0 spiro atoms. The Kier molecular flexibility index (Phi) is 6.21. The van der Waals surface area contributed by atoms with Crippen molar-refractivity contribution in [1.82, 2.24) is 4.31 Å². The second kappa shape index (κ2) is 7.46. The maximum Gasteiger partial charge on any atom is 0.246 e. The largest absolute Gasteiger partial charge is 0.395 e. The summed E-state index contributed by atoms with van der Waals surface area (Å²) in [6.45, 7) is -0.173. The number of anilines is 1. The van der Waals surface area contributed by atoms with Crippen molar-refractivity contribution in [1.29, 1.82) is 0 Å². The van der Waals surface area contributed by atoms with E-state index in [0.717, 1.165) is 16.4 Å². The molecule has 0 aliphatic heterocycles. The molecule has 0 aliphatic rings. The van der Waals surface area contributed by atoms with Gasteiger partial charge in [-0.3, -0.25) is 4.79 Å². The van der Waals surface area contributed by atoms with Crippen LogP contribution < -0.4 is 5.32 Å². The monoisotopic (exact) mass is 320 g/mol. The third-order valence-electron chi connectivity index (χ3n) is 2.57. The Morgan fingerprint density at radius 3 is 2.29 bits per heavy atom. The summed E-state index contributed by atoms with van der Waals surface area (Å²) in [4.78, 5) is 10.3. The first kappa shape index (κ1) is 17.5. The van der Waals surface area contributed by atoms with Crippen molar-refractivity contribution in [3.05, 3.63) is 24.0 Å². The maximum absolute atomic E-state index is 14.0. The van der Waals surface area contributed by atoms with Crippen LogP contribution in [-0.4, -0.2) is 55.1 Å². The minimum Gasteiger partial charge on any atom is -0.395 e. The van der Waals surface area contributed by atoms with Crippen LogP contribution in [0.2, 0.25) is 0 Å². The molecule has 1 rings (SSSR count). The van der Waals surface area contributed by atoms with E-state index in [1.54, 1.807) is 0 Å². The fraction of sp³-hybridized carbons (Fsp3) is 0.417. The molecule has 0 fully saturated rings. The molecule has 0 aromatic heterocycles. The van der Waals surface area contributed by atoms with Gasteiger partial charge in [0.05, 0.1) is 13.2 Å². The molecule has 9 heteroatoms. The van der Waals surface area contributed by atoms with Gasteiger partial charge in [-0.15, -0.1) is 0 Å². The number of aliphatic hydroxyl groups is 2. The first-order valence-electron chi connectivity index (χ1n) is 6.12. The summed E-state index contributed by atoms with van der Waals surface area (Å²) in [5.74, 6) is -1.44. The number of sulfonamides is 1. The highest BCUT2D eigenvalue weighted by atomic mass is 32.2. The normalized spacial score (nSPS) is 11.7. The number of nitrogens with one attached hydrogen (secondary N) is 1. The second-order valence-corrected chi connectivity index (χ2v) is 6.08. The van der Waals surface area contributed by atoms with Crippen LogP contribution in [0.4, 0.5) is 10.1 Å². The van der Waals surface area contributed by atoms with Crippen LogP contribution in [0, 0.1) is 5.82 Å². The lowest BCUT2D eigenvalue weighted by molar-refractivity contribution is -0.114. The number of halogens is 1. The van der Waals surface area contributed by atoms with Crippen LogP contribution in [0.25, 0.3) is 0 Å². The lowest BCUT2D eigenvalue weighted by atomic mass is 10.3. The van der Waals surface area contributed by atoms with Crippen molar-refractivity contribution in [2.45, 2.75) is 11.8 Å². The van der Waals surface area contributed by atoms with Crippen molar-refractivity contribution in [2.75, 3.05) is 31.6 Å². The Balaban J connectivity index is 3.15. The van der Waals surface area contributed by atoms with Crippen LogP contribution in [0.1, 0.15) is 6.92 Å². The fourth-order valence-corrected chi connectivity index (χ4v) is 3.17. The molecule has 0 saturated carbocycles. The maximum atomic E-state index is 14.0. The first-order valence-corrected chi connectivity index (χ1v) is 7.56. The van der Waals surface area contributed by atoms with Crippen molar-refractivity contribution < 1.29 is 27.8 Å². The third-order valence-corrected chi connectivity index (χ3v) is 4.50. The Morgan fingerprint density at radius 1 is 1.29 bits per heavy atom. The van der Waals surface area contributed by atoms with Crippen LogP contribution in [0.15, 0.2) is 23.1 Å². The summed E-state index contributed by atoms with van der Waals surface area (Å²) in [5, 5.41) is 20.1. The lowest BCUT2D eigenvalue weighted by Crippen LogP contribution is -2.36. The molecule has 1 aromatic rings. The molecule has 21 heavy (non-hydrogen) atoms. The Labute approximate surface area is 122 Å². The number of carbonyl (C=O) groups is 1. The topological polar surface area (TPSA) is 107 Å². The highest BCUT2D eigenvalue weighted by molar-refractivity contribution is 7.89. The number of carbonyl (C=O) groups excluding carboxylic acids is 1. The van der Waals surface area contributed by atoms with E-state index in [4.69, 9.17) is 10.2 Å². The van der Waals surface area contributed by atoms with Gasteiger partial charge in [0, 0.05) is 25.7 Å². The molecule has 118 valence electrons. The van der Waals surface area contributed by atoms with Crippen LogP contribution in [0.3, 0.4) is 0 Å². The van der Waals surface area contributed by atoms with E-state index in [1.807, 2.05) is 0 Å². The number of hydrogen-bond donors (Lipinski definition) is 3. The van der Waals surface area contributed by atoms with Crippen molar-refractivity contribution in [2.24, 2.45) is 0 Å². The quantitative estimate of drug-likeness (QED) is 0.643. The van der Waals surface area contributed by atoms with Gasteiger partial charge in [-0.25, -0.2) is 12.8 Å². The molecule has 1 aromatic carbocycles. The number of aliphatic hydroxyl groups excluding tert-OH is 2. The summed E-state index contributed by atoms with van der Waals surface area (Å²) < 4.78 is 39.2. The zero-order valence-electron chi connectivity index (χ0n) is 11.4. The molecule has 1 amide bonds. The minimum atomic E-state index is -4.18. The zero-order valence-corrected chi connectivity index (χ0v) is 12.2. The standard InChI is InChI=1S/C12H17FN2O5S/c1-9(18)14-10-2-3-12(11(13)8-10)21(19,20)15(4-6-16)5-7-17/h2-3,8,16-17H,4-7H2,1H3,(H,14,18). The van der Waals surface area contributed by atoms with E-state index in [0.29, 0.717) is 0 Å². The highest BCUT2D eigenvalue weighted by Crippen LogP contribution is 2.22. The average Bonchev–Trinajstić information content (AvgIpc) is 2.37. The smallest absolute Gasteiger partial charge is 0.246 e. The molecule has 7 nitrogen and oxygen atoms in total. The summed E-state index contributed by atoms with van der Waals surface area (Å²) >= 11 is 0. The van der Waals surface area contributed by atoms with Gasteiger partial charge in [-0.2, -0.15) is 4.31 Å². The van der Waals surface area contributed by atoms with Gasteiger partial charge in [-0.1, -0.05) is 0 Å². The van der Waals surface area contributed by atoms with Gasteiger partial charge < -0.3 is 15.5 Å². The molecular formula is C12H17FN2O5S. The predicted octanol–water partition coefficient (Wildman–Crippen LogP) is -0.241. The number of nitrogens with zero attached hydrogens (tertiary/aromatic N) is 1. The molecule has 0 saturated heterocycles. The molecule has 0 unspecified atom stereocenters. The van der Waals surface area contributed by atoms with E-state index in [2.05, 4.69) is 5.32 Å². The van der Waals surface area contributed by atoms with Crippen LogP contribution >= 0.6 is 0 Å². The van der Waals surface area contributed by atoms with E-state index in [9.17, 15) is 17.6 Å². The molecule has 3 N–H and O–H groups in total. The minimum absolute atomic E-state index is 0.134. The molecule has 0 aliphatic carbocycles. The van der Waals surface area contributed by atoms with E-state index >= 15 is 0 Å². The van der Waals surface area contributed by atoms with Gasteiger partial charge in [0.15, 0.2) is 0 Å². The highest BCUT2D eigenvalue weighted by Gasteiger charge is 2.26. The molecule has 0 bridgehead atoms. The lowest BCUT2D eigenvalue weighted by Gasteiger charge is -2.20. The van der Waals surface area contributed by atoms with Gasteiger partial charge in [0.25, 0.3) is 0 Å². The Morgan fingerprint density at radius 2 is 1.86 bits per heavy atom. The molecule has 0 radical (unpaired) electrons. The van der Waals surface area contributed by atoms with E-state index in [1.165, 1.54) is 13.0 Å². The number of benzene rings is 1. The van der Waals surface area contributed by atoms with Crippen molar-refractivity contribution in [3.8, 4) is 0 Å². The third kappa shape index (κ3) is 4.46. The molecule has 0 heterocycles. The van der Waals surface area contributed by atoms with Gasteiger partial charge >= 0.3 is 0 Å². The fourth-order valence-electron chi connectivity index (χ4n) is 1.71. The van der Waals surface area contributed by atoms with Crippen LogP contribution in [-0.2, 0) is 14.8 Å². The average molecular weight is 320 g/mol. The van der Waals surface area contributed by atoms with Crippen LogP contribution in [0.5, 0.6) is 0 Å². The Bertz CT molecular complexity index is 600. The number of hydrogen-bond acceptors (Lipinski definition) is 5. The van der Waals surface area contributed by atoms with Crippen molar-refractivity contribution in [3.63, 3.8) is 0 Å². The zero-order chi connectivity index (χ0) is 16.0. The van der Waals surface area contributed by atoms with Gasteiger partial charge in [0.1, 0.15) is 10.7 Å². The summed E-state index contributed by atoms with van der Waals surface area (Å²) in [6.07, 6.45) is 0.